The molecule has 2 bridgehead atoms. The minimum Gasteiger partial charge on any atom is -0.396 e. The smallest absolute Gasteiger partial charge is 0.330 e. The number of fused-ring (bicyclic) bond motifs is 4. The summed E-state index contributed by atoms with van der Waals surface area (Å²) in [5.41, 5.74) is -0.641. The number of H-pyrrole nitrogens is 1. The highest BCUT2D eigenvalue weighted by Gasteiger charge is 2.46. The summed E-state index contributed by atoms with van der Waals surface area (Å²) in [5, 5.41) is 19.1. The number of hydrogen-bond acceptors (Lipinski definition) is 5. The number of ether oxygens (including phenoxy) is 1. The van der Waals surface area contributed by atoms with Gasteiger partial charge < -0.3 is 14.9 Å². The third kappa shape index (κ3) is 1.40. The fourth-order valence-electron chi connectivity index (χ4n) is 2.67. The van der Waals surface area contributed by atoms with Crippen molar-refractivity contribution in [1.29, 1.82) is 0 Å². The van der Waals surface area contributed by atoms with Gasteiger partial charge in [0.25, 0.3) is 5.56 Å². The lowest BCUT2D eigenvalue weighted by atomic mass is 9.96. The topological polar surface area (TPSA) is 105 Å². The van der Waals surface area contributed by atoms with E-state index >= 15 is 0 Å². The SMILES string of the molecule is O=c1cc2n(c(=O)[nH]1)[C@H]1C[C@H](O)[C@H](O1)[C@H]2CO. The van der Waals surface area contributed by atoms with Gasteiger partial charge in [-0.25, -0.2) is 4.79 Å². The van der Waals surface area contributed by atoms with Crippen molar-refractivity contribution in [3.8, 4) is 0 Å². The molecule has 0 aliphatic carbocycles. The highest BCUT2D eigenvalue weighted by atomic mass is 16.5. The molecule has 0 radical (unpaired) electrons. The van der Waals surface area contributed by atoms with Gasteiger partial charge in [0.2, 0.25) is 0 Å². The number of aliphatic hydroxyl groups excluding tert-OH is 2. The first kappa shape index (κ1) is 10.7. The highest BCUT2D eigenvalue weighted by molar-refractivity contribution is 5.17. The number of nitrogens with zero attached hydrogens (tertiary/aromatic N) is 1. The molecule has 92 valence electrons. The molecule has 0 saturated carbocycles. The second kappa shape index (κ2) is 3.52. The van der Waals surface area contributed by atoms with Crippen molar-refractivity contribution in [2.75, 3.05) is 6.61 Å². The average molecular weight is 240 g/mol. The fourth-order valence-corrected chi connectivity index (χ4v) is 2.67. The predicted molar refractivity (Wildman–Crippen MR) is 55.7 cm³/mol. The Hall–Kier alpha value is -1.44. The van der Waals surface area contributed by atoms with Gasteiger partial charge in [0.05, 0.1) is 24.7 Å². The minimum atomic E-state index is -0.730. The van der Waals surface area contributed by atoms with E-state index in [0.717, 1.165) is 0 Å². The van der Waals surface area contributed by atoms with Crippen LogP contribution in [0.25, 0.3) is 0 Å². The van der Waals surface area contributed by atoms with E-state index in [0.29, 0.717) is 12.1 Å². The van der Waals surface area contributed by atoms with Gasteiger partial charge in [0.15, 0.2) is 0 Å². The lowest BCUT2D eigenvalue weighted by molar-refractivity contribution is -0.0666. The summed E-state index contributed by atoms with van der Waals surface area (Å²) < 4.78 is 6.79. The van der Waals surface area contributed by atoms with Crippen LogP contribution in [0.2, 0.25) is 0 Å². The van der Waals surface area contributed by atoms with Crippen molar-refractivity contribution in [1.82, 2.24) is 9.55 Å². The molecule has 2 aliphatic heterocycles. The Kier molecular flexibility index (Phi) is 2.22. The molecule has 3 rings (SSSR count). The van der Waals surface area contributed by atoms with E-state index in [4.69, 9.17) is 4.74 Å². The van der Waals surface area contributed by atoms with Gasteiger partial charge in [-0.2, -0.15) is 0 Å². The largest absolute Gasteiger partial charge is 0.396 e. The molecule has 3 heterocycles. The number of aliphatic hydroxyl groups is 2. The highest BCUT2D eigenvalue weighted by Crippen LogP contribution is 2.41. The summed E-state index contributed by atoms with van der Waals surface area (Å²) in [6.07, 6.45) is -1.55. The molecule has 7 heteroatoms. The number of aromatic nitrogens is 2. The molecule has 2 aliphatic rings. The normalized spacial score (nSPS) is 34.7. The Balaban J connectivity index is 2.25. The van der Waals surface area contributed by atoms with E-state index in [1.54, 1.807) is 0 Å². The monoisotopic (exact) mass is 240 g/mol. The maximum absolute atomic E-state index is 11.7. The lowest BCUT2D eigenvalue weighted by Crippen LogP contribution is -2.42. The summed E-state index contributed by atoms with van der Waals surface area (Å²) in [6, 6.07) is 1.28. The zero-order chi connectivity index (χ0) is 12.2. The Bertz CT molecular complexity index is 563. The Labute approximate surface area is 95.3 Å². The second-order valence-electron chi connectivity index (χ2n) is 4.38. The van der Waals surface area contributed by atoms with E-state index in [-0.39, 0.29) is 6.61 Å². The first-order valence-electron chi connectivity index (χ1n) is 5.42. The molecular weight excluding hydrogens is 228 g/mol. The van der Waals surface area contributed by atoms with Crippen molar-refractivity contribution in [3.05, 3.63) is 32.6 Å². The second-order valence-corrected chi connectivity index (χ2v) is 4.38. The van der Waals surface area contributed by atoms with Crippen molar-refractivity contribution in [2.24, 2.45) is 0 Å². The van der Waals surface area contributed by atoms with E-state index in [2.05, 4.69) is 4.98 Å². The van der Waals surface area contributed by atoms with Gasteiger partial charge in [-0.15, -0.1) is 0 Å². The van der Waals surface area contributed by atoms with Gasteiger partial charge >= 0.3 is 5.69 Å². The molecule has 0 unspecified atom stereocenters. The summed E-state index contributed by atoms with van der Waals surface area (Å²) >= 11 is 0. The molecule has 7 nitrogen and oxygen atoms in total. The molecule has 0 spiro atoms. The lowest BCUT2D eigenvalue weighted by Gasteiger charge is -2.31. The maximum atomic E-state index is 11.7. The summed E-state index contributed by atoms with van der Waals surface area (Å²) in [5.74, 6) is -0.543. The number of hydrogen-bond donors (Lipinski definition) is 3. The van der Waals surface area contributed by atoms with Crippen LogP contribution in [0, 0.1) is 0 Å². The molecule has 1 saturated heterocycles. The molecule has 1 aromatic heterocycles. The van der Waals surface area contributed by atoms with E-state index in [9.17, 15) is 19.8 Å². The molecule has 0 amide bonds. The van der Waals surface area contributed by atoms with Gasteiger partial charge in [-0.05, 0) is 0 Å². The first-order chi connectivity index (χ1) is 8.11. The van der Waals surface area contributed by atoms with Crippen LogP contribution < -0.4 is 11.2 Å². The van der Waals surface area contributed by atoms with Gasteiger partial charge in [-0.1, -0.05) is 0 Å². The first-order valence-corrected chi connectivity index (χ1v) is 5.42. The number of aromatic amines is 1. The number of nitrogens with one attached hydrogen (secondary N) is 1. The standard InChI is InChI=1S/C10H12N2O5/c13-3-4-5-1-7(15)11-10(16)12(5)8-2-6(14)9(4)17-8/h1,4,6,8-9,13-14H,2-3H2,(H,11,15,16)/t4-,6-,8+,9+/m0/s1. The van der Waals surface area contributed by atoms with E-state index < -0.39 is 35.6 Å². The molecule has 1 fully saturated rings. The van der Waals surface area contributed by atoms with Crippen LogP contribution >= 0.6 is 0 Å². The van der Waals surface area contributed by atoms with Gasteiger partial charge in [0.1, 0.15) is 6.23 Å². The van der Waals surface area contributed by atoms with E-state index in [1.165, 1.54) is 10.6 Å². The molecule has 17 heavy (non-hydrogen) atoms. The van der Waals surface area contributed by atoms with E-state index in [1.807, 2.05) is 0 Å². The van der Waals surface area contributed by atoms with Crippen LogP contribution in [0.3, 0.4) is 0 Å². The van der Waals surface area contributed by atoms with Crippen molar-refractivity contribution < 1.29 is 14.9 Å². The Morgan fingerprint density at radius 3 is 3.00 bits per heavy atom. The average Bonchev–Trinajstić information content (AvgIpc) is 2.56. The van der Waals surface area contributed by atoms with Crippen LogP contribution in [0.4, 0.5) is 0 Å². The zero-order valence-corrected chi connectivity index (χ0v) is 8.87. The van der Waals surface area contributed by atoms with Gasteiger partial charge in [0, 0.05) is 18.2 Å². The summed E-state index contributed by atoms with van der Waals surface area (Å²) in [7, 11) is 0. The maximum Gasteiger partial charge on any atom is 0.330 e. The summed E-state index contributed by atoms with van der Waals surface area (Å²) in [4.78, 5) is 25.1. The third-order valence-electron chi connectivity index (χ3n) is 3.40. The Morgan fingerprint density at radius 2 is 2.29 bits per heavy atom. The van der Waals surface area contributed by atoms with Crippen molar-refractivity contribution >= 4 is 0 Å². The molecular formula is C10H12N2O5. The quantitative estimate of drug-likeness (QED) is 0.541. The molecule has 3 N–H and O–H groups in total. The van der Waals surface area contributed by atoms with Crippen LogP contribution in [0.5, 0.6) is 0 Å². The van der Waals surface area contributed by atoms with Crippen molar-refractivity contribution in [2.45, 2.75) is 30.8 Å². The van der Waals surface area contributed by atoms with Crippen LogP contribution in [-0.2, 0) is 4.74 Å². The number of rotatable bonds is 1. The molecule has 4 atom stereocenters. The van der Waals surface area contributed by atoms with Gasteiger partial charge in [-0.3, -0.25) is 14.3 Å². The third-order valence-corrected chi connectivity index (χ3v) is 3.40. The zero-order valence-electron chi connectivity index (χ0n) is 8.87. The minimum absolute atomic E-state index is 0.280. The van der Waals surface area contributed by atoms with Crippen LogP contribution in [-0.4, -0.2) is 38.6 Å². The summed E-state index contributed by atoms with van der Waals surface area (Å²) in [6.45, 7) is -0.280. The van der Waals surface area contributed by atoms with Crippen LogP contribution in [0.15, 0.2) is 15.7 Å². The van der Waals surface area contributed by atoms with Crippen LogP contribution in [0.1, 0.15) is 24.3 Å². The van der Waals surface area contributed by atoms with Crippen molar-refractivity contribution in [3.63, 3.8) is 0 Å². The fraction of sp³-hybridized carbons (Fsp3) is 0.600. The Morgan fingerprint density at radius 1 is 1.53 bits per heavy atom. The molecule has 0 aromatic carbocycles. The predicted octanol–water partition coefficient (Wildman–Crippen LogP) is -1.73. The molecule has 1 aromatic rings.